The van der Waals surface area contributed by atoms with Gasteiger partial charge in [0.05, 0.1) is 5.56 Å². The van der Waals surface area contributed by atoms with Crippen LogP contribution in [0.1, 0.15) is 24.0 Å². The third kappa shape index (κ3) is 5.28. The minimum Gasteiger partial charge on any atom is -0.445 e. The Balaban J connectivity index is 1.84. The Labute approximate surface area is 137 Å². The van der Waals surface area contributed by atoms with Crippen LogP contribution >= 0.6 is 11.6 Å². The van der Waals surface area contributed by atoms with E-state index in [0.29, 0.717) is 5.56 Å². The second-order valence-corrected chi connectivity index (χ2v) is 6.01. The molecule has 1 N–H and O–H groups in total. The summed E-state index contributed by atoms with van der Waals surface area (Å²) in [6.45, 7) is 1.63. The number of hydrogen-bond acceptors (Lipinski definition) is 3. The first-order valence-electron chi connectivity index (χ1n) is 7.23. The highest BCUT2D eigenvalue weighted by atomic mass is 35.5. The lowest BCUT2D eigenvalue weighted by atomic mass is 10.1. The number of alkyl carbamates (subject to hydrolysis) is 1. The van der Waals surface area contributed by atoms with E-state index in [1.54, 1.807) is 0 Å². The van der Waals surface area contributed by atoms with Gasteiger partial charge in [-0.05, 0) is 45.1 Å². The molecule has 1 heterocycles. The molecule has 0 bridgehead atoms. The van der Waals surface area contributed by atoms with Gasteiger partial charge in [0.1, 0.15) is 6.61 Å². The van der Waals surface area contributed by atoms with Gasteiger partial charge in [0, 0.05) is 16.6 Å². The molecule has 1 aliphatic heterocycles. The van der Waals surface area contributed by atoms with Crippen LogP contribution in [-0.4, -0.2) is 37.2 Å². The molecule has 0 radical (unpaired) electrons. The minimum atomic E-state index is -4.45. The average molecular weight is 351 g/mol. The van der Waals surface area contributed by atoms with Gasteiger partial charge < -0.3 is 15.0 Å². The fraction of sp³-hybridized carbons (Fsp3) is 0.533. The number of carbonyl (C=O) groups is 1. The molecule has 1 amide bonds. The molecule has 2 rings (SSSR count). The van der Waals surface area contributed by atoms with Gasteiger partial charge in [-0.25, -0.2) is 4.79 Å². The molecule has 0 atom stereocenters. The summed E-state index contributed by atoms with van der Waals surface area (Å²) in [6, 6.07) is 3.02. The monoisotopic (exact) mass is 350 g/mol. The van der Waals surface area contributed by atoms with Gasteiger partial charge >= 0.3 is 12.3 Å². The molecule has 4 nitrogen and oxygen atoms in total. The highest BCUT2D eigenvalue weighted by Gasteiger charge is 2.31. The molecule has 1 fully saturated rings. The molecule has 1 aromatic rings. The van der Waals surface area contributed by atoms with Crippen LogP contribution in [0.25, 0.3) is 0 Å². The molecular weight excluding hydrogens is 333 g/mol. The topological polar surface area (TPSA) is 41.6 Å². The van der Waals surface area contributed by atoms with Crippen molar-refractivity contribution in [3.8, 4) is 0 Å². The van der Waals surface area contributed by atoms with Crippen LogP contribution in [0.4, 0.5) is 18.0 Å². The number of piperidine rings is 1. The van der Waals surface area contributed by atoms with Crippen molar-refractivity contribution in [3.63, 3.8) is 0 Å². The fourth-order valence-corrected chi connectivity index (χ4v) is 2.58. The van der Waals surface area contributed by atoms with Gasteiger partial charge in [0.2, 0.25) is 0 Å². The SMILES string of the molecule is CN1CCC(NC(=O)OCc2ccc(C(F)(F)F)cc2Cl)CC1. The minimum absolute atomic E-state index is 0.0572. The third-order valence-corrected chi connectivity index (χ3v) is 4.13. The lowest BCUT2D eigenvalue weighted by Crippen LogP contribution is -2.43. The van der Waals surface area contributed by atoms with Crippen molar-refractivity contribution in [2.75, 3.05) is 20.1 Å². The molecule has 1 aliphatic rings. The molecule has 0 aromatic heterocycles. The Morgan fingerprint density at radius 3 is 2.61 bits per heavy atom. The van der Waals surface area contributed by atoms with Gasteiger partial charge in [0.15, 0.2) is 0 Å². The normalized spacial score (nSPS) is 17.1. The highest BCUT2D eigenvalue weighted by molar-refractivity contribution is 6.31. The smallest absolute Gasteiger partial charge is 0.416 e. The number of nitrogens with zero attached hydrogens (tertiary/aromatic N) is 1. The predicted octanol–water partition coefficient (Wildman–Crippen LogP) is 3.68. The summed E-state index contributed by atoms with van der Waals surface area (Å²) in [5, 5.41) is 2.68. The van der Waals surface area contributed by atoms with Crippen molar-refractivity contribution in [3.05, 3.63) is 34.3 Å². The lowest BCUT2D eigenvalue weighted by Gasteiger charge is -2.29. The van der Waals surface area contributed by atoms with E-state index in [1.165, 1.54) is 6.07 Å². The highest BCUT2D eigenvalue weighted by Crippen LogP contribution is 2.32. The molecule has 23 heavy (non-hydrogen) atoms. The number of nitrogens with one attached hydrogen (secondary N) is 1. The van der Waals surface area contributed by atoms with E-state index < -0.39 is 17.8 Å². The number of likely N-dealkylation sites (tertiary alicyclic amines) is 1. The Morgan fingerprint density at radius 2 is 2.04 bits per heavy atom. The third-order valence-electron chi connectivity index (χ3n) is 3.78. The number of benzene rings is 1. The van der Waals surface area contributed by atoms with Crippen LogP contribution < -0.4 is 5.32 Å². The Hall–Kier alpha value is -1.47. The van der Waals surface area contributed by atoms with E-state index >= 15 is 0 Å². The van der Waals surface area contributed by atoms with Crippen molar-refractivity contribution in [2.45, 2.75) is 31.7 Å². The number of alkyl halides is 3. The first-order valence-corrected chi connectivity index (χ1v) is 7.61. The van der Waals surface area contributed by atoms with Crippen LogP contribution in [0.15, 0.2) is 18.2 Å². The molecule has 0 saturated carbocycles. The first-order chi connectivity index (χ1) is 10.8. The number of halogens is 4. The van der Waals surface area contributed by atoms with E-state index in [2.05, 4.69) is 10.2 Å². The maximum atomic E-state index is 12.5. The summed E-state index contributed by atoms with van der Waals surface area (Å²) in [6.07, 6.45) is -3.36. The molecule has 0 aliphatic carbocycles. The zero-order chi connectivity index (χ0) is 17.0. The van der Waals surface area contributed by atoms with Crippen molar-refractivity contribution in [2.24, 2.45) is 0 Å². The number of rotatable bonds is 3. The van der Waals surface area contributed by atoms with E-state index in [1.807, 2.05) is 7.05 Å². The summed E-state index contributed by atoms with van der Waals surface area (Å²) >= 11 is 5.81. The van der Waals surface area contributed by atoms with E-state index in [9.17, 15) is 18.0 Å². The Morgan fingerprint density at radius 1 is 1.39 bits per heavy atom. The van der Waals surface area contributed by atoms with Gasteiger partial charge in [-0.1, -0.05) is 17.7 Å². The molecule has 128 valence electrons. The summed E-state index contributed by atoms with van der Waals surface area (Å²) in [4.78, 5) is 13.9. The number of ether oxygens (including phenoxy) is 1. The van der Waals surface area contributed by atoms with Gasteiger partial charge in [-0.2, -0.15) is 13.2 Å². The molecule has 0 spiro atoms. The van der Waals surface area contributed by atoms with Crippen LogP contribution in [-0.2, 0) is 17.5 Å². The molecular formula is C15H18ClF3N2O2. The van der Waals surface area contributed by atoms with E-state index in [-0.39, 0.29) is 17.7 Å². The maximum absolute atomic E-state index is 12.5. The van der Waals surface area contributed by atoms with Crippen LogP contribution in [0.2, 0.25) is 5.02 Å². The fourth-order valence-electron chi connectivity index (χ4n) is 2.35. The molecule has 0 unspecified atom stereocenters. The number of hydrogen-bond donors (Lipinski definition) is 1. The van der Waals surface area contributed by atoms with Gasteiger partial charge in [-0.3, -0.25) is 0 Å². The summed E-state index contributed by atoms with van der Waals surface area (Å²) in [7, 11) is 2.02. The summed E-state index contributed by atoms with van der Waals surface area (Å²) in [5.74, 6) is 0. The van der Waals surface area contributed by atoms with Crippen molar-refractivity contribution in [1.82, 2.24) is 10.2 Å². The summed E-state index contributed by atoms with van der Waals surface area (Å²) in [5.41, 5.74) is -0.500. The van der Waals surface area contributed by atoms with Crippen LogP contribution in [0.5, 0.6) is 0 Å². The molecule has 8 heteroatoms. The van der Waals surface area contributed by atoms with Gasteiger partial charge in [-0.15, -0.1) is 0 Å². The molecule has 1 aromatic carbocycles. The van der Waals surface area contributed by atoms with Crippen molar-refractivity contribution >= 4 is 17.7 Å². The van der Waals surface area contributed by atoms with E-state index in [4.69, 9.17) is 16.3 Å². The number of carbonyl (C=O) groups excluding carboxylic acids is 1. The van der Waals surface area contributed by atoms with E-state index in [0.717, 1.165) is 38.1 Å². The van der Waals surface area contributed by atoms with Gasteiger partial charge in [0.25, 0.3) is 0 Å². The second kappa shape index (κ2) is 7.40. The van der Waals surface area contributed by atoms with Crippen molar-refractivity contribution in [1.29, 1.82) is 0 Å². The molecule has 1 saturated heterocycles. The second-order valence-electron chi connectivity index (χ2n) is 5.60. The quantitative estimate of drug-likeness (QED) is 0.904. The zero-order valence-corrected chi connectivity index (χ0v) is 13.4. The van der Waals surface area contributed by atoms with Crippen LogP contribution in [0, 0.1) is 0 Å². The first kappa shape index (κ1) is 17.9. The number of amides is 1. The zero-order valence-electron chi connectivity index (χ0n) is 12.6. The maximum Gasteiger partial charge on any atom is 0.416 e. The Kier molecular flexibility index (Phi) is 5.75. The Bertz CT molecular complexity index is 558. The predicted molar refractivity (Wildman–Crippen MR) is 80.3 cm³/mol. The average Bonchev–Trinajstić information content (AvgIpc) is 2.47. The largest absolute Gasteiger partial charge is 0.445 e. The van der Waals surface area contributed by atoms with Crippen molar-refractivity contribution < 1.29 is 22.7 Å². The lowest BCUT2D eigenvalue weighted by molar-refractivity contribution is -0.137. The van der Waals surface area contributed by atoms with Crippen LogP contribution in [0.3, 0.4) is 0 Å². The standard InChI is InChI=1S/C15H18ClF3N2O2/c1-21-6-4-12(5-7-21)20-14(22)23-9-10-2-3-11(8-13(10)16)15(17,18)19/h2-3,8,12H,4-7,9H2,1H3,(H,20,22). The summed E-state index contributed by atoms with van der Waals surface area (Å²) < 4.78 is 42.7.